The molecule has 0 bridgehead atoms. The van der Waals surface area contributed by atoms with E-state index in [-0.39, 0.29) is 11.8 Å². The van der Waals surface area contributed by atoms with E-state index in [0.29, 0.717) is 6.42 Å². The van der Waals surface area contributed by atoms with E-state index in [4.69, 9.17) is 5.10 Å². The zero-order valence-corrected chi connectivity index (χ0v) is 16.7. The SMILES string of the molecule is C/C(=C\C(C)(C)O)N1N=C(c2ccc(Br)cc2)C[C@H]1c1ccccc1O. The fourth-order valence-electron chi connectivity index (χ4n) is 3.24. The topological polar surface area (TPSA) is 56.1 Å². The first-order valence-corrected chi connectivity index (χ1v) is 9.36. The van der Waals surface area contributed by atoms with Gasteiger partial charge in [-0.2, -0.15) is 5.10 Å². The monoisotopic (exact) mass is 414 g/mol. The lowest BCUT2D eigenvalue weighted by atomic mass is 9.97. The van der Waals surface area contributed by atoms with Crippen LogP contribution in [0.1, 0.15) is 44.4 Å². The number of aromatic hydroxyl groups is 1. The smallest absolute Gasteiger partial charge is 0.120 e. The van der Waals surface area contributed by atoms with Gasteiger partial charge in [0.1, 0.15) is 5.75 Å². The molecule has 0 saturated heterocycles. The summed E-state index contributed by atoms with van der Waals surface area (Å²) in [5.74, 6) is 0.255. The van der Waals surface area contributed by atoms with Crippen LogP contribution in [0.2, 0.25) is 0 Å². The molecule has 0 fully saturated rings. The first kappa shape index (κ1) is 18.7. The highest BCUT2D eigenvalue weighted by atomic mass is 79.9. The van der Waals surface area contributed by atoms with Gasteiger partial charge in [0.2, 0.25) is 0 Å². The number of rotatable bonds is 4. The van der Waals surface area contributed by atoms with Crippen molar-refractivity contribution >= 4 is 21.6 Å². The molecule has 0 unspecified atom stereocenters. The van der Waals surface area contributed by atoms with Gasteiger partial charge < -0.3 is 10.2 Å². The summed E-state index contributed by atoms with van der Waals surface area (Å²) in [7, 11) is 0. The molecule has 2 N–H and O–H groups in total. The lowest BCUT2D eigenvalue weighted by Gasteiger charge is -2.26. The third kappa shape index (κ3) is 4.17. The Kier molecular flexibility index (Phi) is 5.21. The minimum Gasteiger partial charge on any atom is -0.508 e. The van der Waals surface area contributed by atoms with Crippen molar-refractivity contribution in [1.82, 2.24) is 5.01 Å². The van der Waals surface area contributed by atoms with E-state index in [0.717, 1.165) is 27.0 Å². The first-order valence-electron chi connectivity index (χ1n) is 8.57. The molecule has 0 spiro atoms. The van der Waals surface area contributed by atoms with E-state index >= 15 is 0 Å². The second-order valence-corrected chi connectivity index (χ2v) is 8.03. The summed E-state index contributed by atoms with van der Waals surface area (Å²) in [4.78, 5) is 0. The van der Waals surface area contributed by atoms with Gasteiger partial charge in [-0.05, 0) is 50.6 Å². The van der Waals surface area contributed by atoms with Gasteiger partial charge in [0.15, 0.2) is 0 Å². The minimum absolute atomic E-state index is 0.117. The molecular weight excluding hydrogens is 392 g/mol. The van der Waals surface area contributed by atoms with Gasteiger partial charge in [-0.3, -0.25) is 5.01 Å². The lowest BCUT2D eigenvalue weighted by Crippen LogP contribution is -2.22. The van der Waals surface area contributed by atoms with Crippen molar-refractivity contribution in [3.63, 3.8) is 0 Å². The van der Waals surface area contributed by atoms with Crippen LogP contribution in [0.5, 0.6) is 5.75 Å². The molecule has 1 aliphatic rings. The van der Waals surface area contributed by atoms with Gasteiger partial charge in [0, 0.05) is 22.2 Å². The molecule has 3 rings (SSSR count). The van der Waals surface area contributed by atoms with Crippen LogP contribution in [-0.2, 0) is 0 Å². The van der Waals surface area contributed by atoms with Gasteiger partial charge >= 0.3 is 0 Å². The number of allylic oxidation sites excluding steroid dienone is 1. The number of hydrogen-bond donors (Lipinski definition) is 2. The average Bonchev–Trinajstić information content (AvgIpc) is 2.99. The first-order chi connectivity index (χ1) is 12.2. The van der Waals surface area contributed by atoms with Crippen LogP contribution < -0.4 is 0 Å². The van der Waals surface area contributed by atoms with Gasteiger partial charge in [0.05, 0.1) is 17.4 Å². The van der Waals surface area contributed by atoms with Crippen LogP contribution in [0, 0.1) is 0 Å². The zero-order chi connectivity index (χ0) is 18.9. The fraction of sp³-hybridized carbons (Fsp3) is 0.286. The second kappa shape index (κ2) is 7.25. The van der Waals surface area contributed by atoms with Gasteiger partial charge in [-0.1, -0.05) is 46.3 Å². The number of benzene rings is 2. The Labute approximate surface area is 162 Å². The van der Waals surface area contributed by atoms with Crippen molar-refractivity contribution in [2.45, 2.75) is 38.8 Å². The number of para-hydroxylation sites is 1. The molecule has 2 aromatic rings. The Morgan fingerprint density at radius 2 is 1.85 bits per heavy atom. The van der Waals surface area contributed by atoms with Crippen LogP contribution in [0.25, 0.3) is 0 Å². The van der Waals surface area contributed by atoms with Gasteiger partial charge in [-0.25, -0.2) is 0 Å². The molecule has 5 heteroatoms. The van der Waals surface area contributed by atoms with Crippen molar-refractivity contribution in [3.05, 3.63) is 75.9 Å². The molecule has 1 atom stereocenters. The maximum Gasteiger partial charge on any atom is 0.120 e. The maximum atomic E-state index is 10.3. The third-order valence-corrected chi connectivity index (χ3v) is 4.84. The molecule has 0 saturated carbocycles. The molecule has 0 aliphatic carbocycles. The maximum absolute atomic E-state index is 10.3. The van der Waals surface area contributed by atoms with E-state index < -0.39 is 5.60 Å². The number of hydrogen-bond acceptors (Lipinski definition) is 4. The van der Waals surface area contributed by atoms with E-state index in [2.05, 4.69) is 15.9 Å². The standard InChI is InChI=1S/C21H23BrN2O2/c1-14(13-21(2,3)26)24-19(17-6-4-5-7-20(17)25)12-18(23-24)15-8-10-16(22)11-9-15/h4-11,13,19,25-26H,12H2,1-3H3/b14-13+/t19-/m0/s1. The van der Waals surface area contributed by atoms with Crippen LogP contribution in [-0.4, -0.2) is 26.5 Å². The quantitative estimate of drug-likeness (QED) is 0.741. The Balaban J connectivity index is 2.02. The minimum atomic E-state index is -0.941. The predicted molar refractivity (Wildman–Crippen MR) is 108 cm³/mol. The van der Waals surface area contributed by atoms with Crippen LogP contribution >= 0.6 is 15.9 Å². The molecule has 4 nitrogen and oxygen atoms in total. The molecular formula is C21H23BrN2O2. The Morgan fingerprint density at radius 1 is 1.19 bits per heavy atom. The summed E-state index contributed by atoms with van der Waals surface area (Å²) in [6, 6.07) is 15.3. The third-order valence-electron chi connectivity index (χ3n) is 4.31. The Hall–Kier alpha value is -2.11. The van der Waals surface area contributed by atoms with E-state index in [1.807, 2.05) is 54.4 Å². The van der Waals surface area contributed by atoms with Crippen LogP contribution in [0.15, 0.2) is 69.9 Å². The van der Waals surface area contributed by atoms with E-state index in [1.165, 1.54) is 0 Å². The molecule has 0 amide bonds. The van der Waals surface area contributed by atoms with Gasteiger partial charge in [0.25, 0.3) is 0 Å². The molecule has 1 aliphatic heterocycles. The number of hydrazone groups is 1. The van der Waals surface area contributed by atoms with Crippen molar-refractivity contribution in [1.29, 1.82) is 0 Å². The summed E-state index contributed by atoms with van der Waals surface area (Å²) < 4.78 is 1.02. The highest BCUT2D eigenvalue weighted by Crippen LogP contribution is 2.39. The lowest BCUT2D eigenvalue weighted by molar-refractivity contribution is 0.128. The molecule has 26 heavy (non-hydrogen) atoms. The molecule has 1 heterocycles. The molecule has 0 aromatic heterocycles. The number of phenols is 1. The number of aliphatic hydroxyl groups is 1. The van der Waals surface area contributed by atoms with Gasteiger partial charge in [-0.15, -0.1) is 0 Å². The highest BCUT2D eigenvalue weighted by Gasteiger charge is 2.32. The Bertz CT molecular complexity index is 851. The van der Waals surface area contributed by atoms with Crippen molar-refractivity contribution in [3.8, 4) is 5.75 Å². The molecule has 0 radical (unpaired) electrons. The summed E-state index contributed by atoms with van der Waals surface area (Å²) >= 11 is 3.46. The normalized spacial score (nSPS) is 18.2. The van der Waals surface area contributed by atoms with E-state index in [1.54, 1.807) is 26.0 Å². The largest absolute Gasteiger partial charge is 0.508 e. The van der Waals surface area contributed by atoms with Crippen molar-refractivity contribution < 1.29 is 10.2 Å². The summed E-state index contributed by atoms with van der Waals surface area (Å²) in [5, 5.41) is 27.2. The summed E-state index contributed by atoms with van der Waals surface area (Å²) in [6.07, 6.45) is 2.46. The predicted octanol–water partition coefficient (Wildman–Crippen LogP) is 4.98. The average molecular weight is 415 g/mol. The summed E-state index contributed by atoms with van der Waals surface area (Å²) in [6.45, 7) is 5.40. The summed E-state index contributed by atoms with van der Waals surface area (Å²) in [5.41, 5.74) is 2.73. The van der Waals surface area contributed by atoms with Crippen LogP contribution in [0.4, 0.5) is 0 Å². The number of phenolic OH excluding ortho intramolecular Hbond substituents is 1. The number of nitrogens with zero attached hydrogens (tertiary/aromatic N) is 2. The second-order valence-electron chi connectivity index (χ2n) is 7.12. The Morgan fingerprint density at radius 3 is 2.46 bits per heavy atom. The zero-order valence-electron chi connectivity index (χ0n) is 15.1. The van der Waals surface area contributed by atoms with Crippen molar-refractivity contribution in [2.24, 2.45) is 5.10 Å². The van der Waals surface area contributed by atoms with Crippen LogP contribution in [0.3, 0.4) is 0 Å². The van der Waals surface area contributed by atoms with E-state index in [9.17, 15) is 10.2 Å². The highest BCUT2D eigenvalue weighted by molar-refractivity contribution is 9.10. The fourth-order valence-corrected chi connectivity index (χ4v) is 3.51. The molecule has 2 aromatic carbocycles. The number of halogens is 1. The molecule has 136 valence electrons. The van der Waals surface area contributed by atoms with Crippen molar-refractivity contribution in [2.75, 3.05) is 0 Å².